The minimum absolute atomic E-state index is 0.744. The van der Waals surface area contributed by atoms with Crippen molar-refractivity contribution in [1.82, 2.24) is 5.32 Å². The largest absolute Gasteiger partial charge is 0.313 e. The molecule has 0 aromatic heterocycles. The van der Waals surface area contributed by atoms with E-state index in [2.05, 4.69) is 18.5 Å². The van der Waals surface area contributed by atoms with Gasteiger partial charge in [0.15, 0.2) is 0 Å². The lowest BCUT2D eigenvalue weighted by atomic mass is 10.2. The fraction of sp³-hybridized carbons (Fsp3) is 0.750. The van der Waals surface area contributed by atoms with Gasteiger partial charge in [-0.15, -0.1) is 0 Å². The zero-order chi connectivity index (χ0) is 8.53. The second-order valence-electron chi connectivity index (χ2n) is 2.58. The number of thioether (sulfide) groups is 1. The van der Waals surface area contributed by atoms with Crippen LogP contribution in [0.2, 0.25) is 0 Å². The minimum atomic E-state index is 0.744. The summed E-state index contributed by atoms with van der Waals surface area (Å²) >= 11 is 7.24. The summed E-state index contributed by atoms with van der Waals surface area (Å²) in [5.74, 6) is 1.96. The van der Waals surface area contributed by atoms with Crippen molar-refractivity contribution >= 4 is 23.4 Å². The summed E-state index contributed by atoms with van der Waals surface area (Å²) < 4.78 is 0. The van der Waals surface area contributed by atoms with Gasteiger partial charge in [-0.25, -0.2) is 0 Å². The molecule has 1 N–H and O–H groups in total. The van der Waals surface area contributed by atoms with Crippen LogP contribution in [0.25, 0.3) is 0 Å². The Morgan fingerprint density at radius 3 is 2.91 bits per heavy atom. The Morgan fingerprint density at radius 1 is 1.64 bits per heavy atom. The third kappa shape index (κ3) is 8.24. The van der Waals surface area contributed by atoms with Crippen LogP contribution in [0.15, 0.2) is 11.6 Å². The minimum Gasteiger partial charge on any atom is -0.313 e. The molecule has 0 fully saturated rings. The second kappa shape index (κ2) is 8.44. The van der Waals surface area contributed by atoms with Crippen LogP contribution in [0.3, 0.4) is 0 Å². The molecule has 0 radical (unpaired) electrons. The third-order valence-corrected chi connectivity index (χ3v) is 2.38. The quantitative estimate of drug-likeness (QED) is 0.650. The van der Waals surface area contributed by atoms with Crippen LogP contribution in [0.5, 0.6) is 0 Å². The van der Waals surface area contributed by atoms with Crippen LogP contribution in [0.4, 0.5) is 0 Å². The molecule has 0 bridgehead atoms. The van der Waals surface area contributed by atoms with Crippen LogP contribution >= 0.6 is 23.4 Å². The van der Waals surface area contributed by atoms with Gasteiger partial charge in [0, 0.05) is 12.1 Å². The lowest BCUT2D eigenvalue weighted by molar-refractivity contribution is 0.585. The summed E-state index contributed by atoms with van der Waals surface area (Å²) in [6.45, 7) is 4.19. The van der Waals surface area contributed by atoms with E-state index in [0.29, 0.717) is 0 Å². The number of halogens is 1. The van der Waals surface area contributed by atoms with E-state index in [0.717, 1.165) is 19.0 Å². The summed E-state index contributed by atoms with van der Waals surface area (Å²) in [5, 5.41) is 3.29. The number of hydrogen-bond donors (Lipinski definition) is 1. The standard InChI is InChI=1S/C8H16ClNS/c1-8(7-11-2)6-10-5-3-4-9/h3-4,8,10H,5-7H2,1-2H3/b4-3+. The van der Waals surface area contributed by atoms with Crippen molar-refractivity contribution in [2.75, 3.05) is 25.1 Å². The number of hydrogen-bond acceptors (Lipinski definition) is 2. The van der Waals surface area contributed by atoms with Gasteiger partial charge < -0.3 is 5.32 Å². The SMILES string of the molecule is CSCC(C)CNC/C=C/Cl. The van der Waals surface area contributed by atoms with Crippen molar-refractivity contribution < 1.29 is 0 Å². The van der Waals surface area contributed by atoms with Crippen LogP contribution in [0.1, 0.15) is 6.92 Å². The highest BCUT2D eigenvalue weighted by Gasteiger charge is 1.97. The van der Waals surface area contributed by atoms with Crippen LogP contribution in [0, 0.1) is 5.92 Å². The smallest absolute Gasteiger partial charge is 0.0146 e. The highest BCUT2D eigenvalue weighted by Crippen LogP contribution is 2.02. The summed E-state index contributed by atoms with van der Waals surface area (Å²) in [6, 6.07) is 0. The van der Waals surface area contributed by atoms with Gasteiger partial charge in [0.2, 0.25) is 0 Å². The predicted octanol–water partition coefficient (Wildman–Crippen LogP) is 2.33. The van der Waals surface area contributed by atoms with Crippen LogP contribution in [-0.4, -0.2) is 25.1 Å². The monoisotopic (exact) mass is 193 g/mol. The molecule has 0 spiro atoms. The molecule has 1 nitrogen and oxygen atoms in total. The van der Waals surface area contributed by atoms with Crippen molar-refractivity contribution in [2.45, 2.75) is 6.92 Å². The molecule has 0 saturated heterocycles. The lowest BCUT2D eigenvalue weighted by Gasteiger charge is -2.08. The molecule has 0 amide bonds. The van der Waals surface area contributed by atoms with E-state index >= 15 is 0 Å². The van der Waals surface area contributed by atoms with Gasteiger partial charge in [-0.3, -0.25) is 0 Å². The molecule has 0 aromatic carbocycles. The van der Waals surface area contributed by atoms with Crippen molar-refractivity contribution in [3.63, 3.8) is 0 Å². The van der Waals surface area contributed by atoms with E-state index in [4.69, 9.17) is 11.6 Å². The maximum absolute atomic E-state index is 5.35. The van der Waals surface area contributed by atoms with E-state index in [1.807, 2.05) is 17.8 Å². The summed E-state index contributed by atoms with van der Waals surface area (Å²) in [7, 11) is 0. The Hall–Kier alpha value is 0.340. The van der Waals surface area contributed by atoms with Gasteiger partial charge in [-0.05, 0) is 24.5 Å². The first-order valence-electron chi connectivity index (χ1n) is 3.76. The Bertz CT molecular complexity index is 106. The topological polar surface area (TPSA) is 12.0 Å². The zero-order valence-corrected chi connectivity index (χ0v) is 8.71. The Labute approximate surface area is 78.6 Å². The molecule has 0 aromatic rings. The molecular weight excluding hydrogens is 178 g/mol. The molecule has 0 heterocycles. The molecule has 0 aliphatic heterocycles. The number of nitrogens with one attached hydrogen (secondary N) is 1. The van der Waals surface area contributed by atoms with Gasteiger partial charge in [-0.1, -0.05) is 24.6 Å². The molecule has 1 atom stereocenters. The maximum atomic E-state index is 5.35. The molecule has 11 heavy (non-hydrogen) atoms. The van der Waals surface area contributed by atoms with Crippen molar-refractivity contribution in [3.05, 3.63) is 11.6 Å². The fourth-order valence-electron chi connectivity index (χ4n) is 0.801. The second-order valence-corrected chi connectivity index (χ2v) is 3.74. The molecule has 0 aliphatic rings. The fourth-order valence-corrected chi connectivity index (χ4v) is 1.58. The summed E-state index contributed by atoms with van der Waals surface area (Å²) in [6.07, 6.45) is 4.04. The van der Waals surface area contributed by atoms with E-state index in [-0.39, 0.29) is 0 Å². The van der Waals surface area contributed by atoms with Crippen LogP contribution < -0.4 is 5.32 Å². The average molecular weight is 194 g/mol. The first kappa shape index (κ1) is 11.3. The van der Waals surface area contributed by atoms with Gasteiger partial charge in [0.25, 0.3) is 0 Å². The molecule has 0 rings (SSSR count). The first-order valence-corrected chi connectivity index (χ1v) is 5.59. The summed E-state index contributed by atoms with van der Waals surface area (Å²) in [5.41, 5.74) is 1.55. The highest BCUT2D eigenvalue weighted by atomic mass is 35.5. The molecule has 1 unspecified atom stereocenters. The lowest BCUT2D eigenvalue weighted by Crippen LogP contribution is -2.22. The molecule has 0 aliphatic carbocycles. The Morgan fingerprint density at radius 2 is 2.36 bits per heavy atom. The van der Waals surface area contributed by atoms with E-state index in [9.17, 15) is 0 Å². The Kier molecular flexibility index (Phi) is 8.70. The summed E-state index contributed by atoms with van der Waals surface area (Å²) in [4.78, 5) is 0. The first-order chi connectivity index (χ1) is 5.31. The normalized spacial score (nSPS) is 14.1. The third-order valence-electron chi connectivity index (χ3n) is 1.30. The van der Waals surface area contributed by atoms with Crippen molar-refractivity contribution in [1.29, 1.82) is 0 Å². The molecule has 0 saturated carbocycles. The van der Waals surface area contributed by atoms with Crippen LogP contribution in [-0.2, 0) is 0 Å². The van der Waals surface area contributed by atoms with E-state index < -0.39 is 0 Å². The average Bonchev–Trinajstić information content (AvgIpc) is 1.99. The van der Waals surface area contributed by atoms with Gasteiger partial charge in [0.05, 0.1) is 0 Å². The van der Waals surface area contributed by atoms with E-state index in [1.54, 1.807) is 5.54 Å². The zero-order valence-electron chi connectivity index (χ0n) is 7.14. The van der Waals surface area contributed by atoms with Crippen molar-refractivity contribution in [2.24, 2.45) is 5.92 Å². The maximum Gasteiger partial charge on any atom is 0.0146 e. The molecule has 3 heteroatoms. The number of rotatable bonds is 6. The van der Waals surface area contributed by atoms with Crippen molar-refractivity contribution in [3.8, 4) is 0 Å². The van der Waals surface area contributed by atoms with Gasteiger partial charge >= 0.3 is 0 Å². The molecular formula is C8H16ClNS. The Balaban J connectivity index is 3.10. The predicted molar refractivity (Wildman–Crippen MR) is 55.4 cm³/mol. The van der Waals surface area contributed by atoms with Gasteiger partial charge in [-0.2, -0.15) is 11.8 Å². The highest BCUT2D eigenvalue weighted by molar-refractivity contribution is 7.98. The van der Waals surface area contributed by atoms with E-state index in [1.165, 1.54) is 5.75 Å². The molecule has 66 valence electrons. The van der Waals surface area contributed by atoms with Gasteiger partial charge in [0.1, 0.15) is 0 Å².